The molecule has 0 saturated heterocycles. The van der Waals surface area contributed by atoms with Crippen LogP contribution in [0.3, 0.4) is 0 Å². The lowest BCUT2D eigenvalue weighted by Gasteiger charge is -2.18. The van der Waals surface area contributed by atoms with E-state index < -0.39 is 31.9 Å². The summed E-state index contributed by atoms with van der Waals surface area (Å²) in [4.78, 5) is 0. The molecule has 0 aliphatic heterocycles. The molecule has 0 saturated carbocycles. The topological polar surface area (TPSA) is 81.6 Å². The molecule has 0 aliphatic carbocycles. The highest BCUT2D eigenvalue weighted by atomic mass is 32.2. The van der Waals surface area contributed by atoms with Crippen LogP contribution in [0.4, 0.5) is 10.1 Å². The summed E-state index contributed by atoms with van der Waals surface area (Å²) in [5, 5.41) is 0. The Morgan fingerprint density at radius 1 is 1.38 bits per heavy atom. The summed E-state index contributed by atoms with van der Waals surface area (Å²) in [7, 11) is -3.54. The highest BCUT2D eigenvalue weighted by Crippen LogP contribution is 2.21. The number of sulfonamides is 1. The molecule has 1 N–H and O–H groups in total. The third kappa shape index (κ3) is 5.64. The number of anilines is 1. The summed E-state index contributed by atoms with van der Waals surface area (Å²) in [5.41, 5.74) is 0.739. The fourth-order valence-electron chi connectivity index (χ4n) is 1.34. The molecule has 1 aromatic rings. The van der Waals surface area contributed by atoms with Crippen LogP contribution < -0.4 is 4.72 Å². The van der Waals surface area contributed by atoms with Crippen molar-refractivity contribution in [3.8, 4) is 0 Å². The van der Waals surface area contributed by atoms with Crippen LogP contribution in [0.5, 0.6) is 0 Å². The Morgan fingerprint density at radius 2 is 1.95 bits per heavy atom. The summed E-state index contributed by atoms with van der Waals surface area (Å²) in [5.74, 6) is -0.714. The van der Waals surface area contributed by atoms with Gasteiger partial charge in [-0.2, -0.15) is 0 Å². The van der Waals surface area contributed by atoms with E-state index in [2.05, 4.69) is 9.12 Å². The molecule has 1 rings (SSSR count). The van der Waals surface area contributed by atoms with Gasteiger partial charge in [-0.05, 0) is 39.8 Å². The fraction of sp³-hybridized carbons (Fsp3) is 0.462. The number of benzene rings is 1. The van der Waals surface area contributed by atoms with Crippen LogP contribution in [0.1, 0.15) is 33.3 Å². The zero-order valence-corrected chi connectivity index (χ0v) is 14.2. The molecule has 1 atom stereocenters. The lowest BCUT2D eigenvalue weighted by atomic mass is 10.1. The van der Waals surface area contributed by atoms with E-state index in [-0.39, 0.29) is 5.69 Å². The average Bonchev–Trinajstić information content (AvgIpc) is 2.28. The summed E-state index contributed by atoms with van der Waals surface area (Å²) >= 11 is -1.44. The number of nitrogens with one attached hydrogen (secondary N) is 1. The van der Waals surface area contributed by atoms with Crippen LogP contribution >= 0.6 is 0 Å². The van der Waals surface area contributed by atoms with Gasteiger partial charge in [-0.25, -0.2) is 12.8 Å². The van der Waals surface area contributed by atoms with Crippen LogP contribution in [-0.2, 0) is 21.4 Å². The van der Waals surface area contributed by atoms with Gasteiger partial charge in [0.05, 0.1) is 17.7 Å². The Hall–Kier alpha value is -1.12. The Kier molecular flexibility index (Phi) is 5.40. The summed E-state index contributed by atoms with van der Waals surface area (Å²) < 4.78 is 53.6. The lowest BCUT2D eigenvalue weighted by Crippen LogP contribution is -2.26. The van der Waals surface area contributed by atoms with Gasteiger partial charge in [0.15, 0.2) is 0 Å². The molecule has 0 heterocycles. The summed E-state index contributed by atoms with van der Waals surface area (Å²) in [6, 6.07) is 3.99. The molecule has 0 radical (unpaired) electrons. The maximum absolute atomic E-state index is 13.9. The van der Waals surface area contributed by atoms with E-state index in [0.717, 1.165) is 12.3 Å². The second kappa shape index (κ2) is 6.33. The number of rotatable bonds is 4. The van der Waals surface area contributed by atoms with Crippen LogP contribution in [0, 0.1) is 5.82 Å². The van der Waals surface area contributed by atoms with Crippen LogP contribution in [0.25, 0.3) is 0 Å². The van der Waals surface area contributed by atoms with Crippen molar-refractivity contribution in [1.82, 2.24) is 0 Å². The van der Waals surface area contributed by atoms with Gasteiger partial charge in [0, 0.05) is 5.56 Å². The Labute approximate surface area is 128 Å². The molecule has 118 valence electrons. The predicted octanol–water partition coefficient (Wildman–Crippen LogP) is 2.47. The maximum Gasteiger partial charge on any atom is 0.229 e. The average molecular weight is 334 g/mol. The van der Waals surface area contributed by atoms with E-state index in [1.165, 1.54) is 12.1 Å². The predicted molar refractivity (Wildman–Crippen MR) is 85.0 cm³/mol. The van der Waals surface area contributed by atoms with Gasteiger partial charge < -0.3 is 4.55 Å². The second-order valence-electron chi connectivity index (χ2n) is 5.61. The van der Waals surface area contributed by atoms with Crippen molar-refractivity contribution in [2.75, 3.05) is 11.0 Å². The first-order valence-corrected chi connectivity index (χ1v) is 9.15. The lowest BCUT2D eigenvalue weighted by molar-refractivity contribution is 0.561. The van der Waals surface area contributed by atoms with Crippen molar-refractivity contribution in [2.24, 2.45) is 4.40 Å². The van der Waals surface area contributed by atoms with Gasteiger partial charge in [-0.15, -0.1) is 0 Å². The first-order chi connectivity index (χ1) is 9.40. The molecular weight excluding hydrogens is 315 g/mol. The van der Waals surface area contributed by atoms with Gasteiger partial charge in [0.2, 0.25) is 10.0 Å². The Bertz CT molecular complexity index is 652. The third-order valence-electron chi connectivity index (χ3n) is 2.43. The van der Waals surface area contributed by atoms with Crippen LogP contribution in [0.2, 0.25) is 0 Å². The zero-order valence-electron chi connectivity index (χ0n) is 12.6. The van der Waals surface area contributed by atoms with Gasteiger partial charge >= 0.3 is 0 Å². The molecule has 0 aromatic heterocycles. The fourth-order valence-corrected chi connectivity index (χ4v) is 2.53. The molecule has 1 aromatic carbocycles. The smallest absolute Gasteiger partial charge is 0.229 e. The minimum Gasteiger partial charge on any atom is -0.591 e. The summed E-state index contributed by atoms with van der Waals surface area (Å²) in [6.45, 7) is 7.00. The van der Waals surface area contributed by atoms with E-state index in [4.69, 9.17) is 0 Å². The molecule has 0 bridgehead atoms. The standard InChI is InChI=1S/C13H19FN2O3S2/c1-9(15-20(17)13(2,3)4)10-6-7-12(11(14)8-10)16-21(5,18)19/h6-8,16H,1-5H3. The Morgan fingerprint density at radius 3 is 2.38 bits per heavy atom. The molecule has 21 heavy (non-hydrogen) atoms. The van der Waals surface area contributed by atoms with Crippen molar-refractivity contribution >= 4 is 32.8 Å². The second-order valence-corrected chi connectivity index (χ2v) is 9.26. The van der Waals surface area contributed by atoms with Crippen molar-refractivity contribution in [3.05, 3.63) is 29.6 Å². The quantitative estimate of drug-likeness (QED) is 0.678. The zero-order chi connectivity index (χ0) is 16.4. The largest absolute Gasteiger partial charge is 0.591 e. The monoisotopic (exact) mass is 334 g/mol. The van der Waals surface area contributed by atoms with Crippen molar-refractivity contribution in [3.63, 3.8) is 0 Å². The van der Waals surface area contributed by atoms with Crippen LogP contribution in [0.15, 0.2) is 22.6 Å². The van der Waals surface area contributed by atoms with Gasteiger partial charge in [0.1, 0.15) is 21.9 Å². The van der Waals surface area contributed by atoms with Gasteiger partial charge in [-0.1, -0.05) is 10.5 Å². The first-order valence-electron chi connectivity index (χ1n) is 6.15. The molecule has 0 aliphatic rings. The SMILES string of the molecule is CC(=N[S+]([O-])C(C)(C)C)c1ccc(NS(C)(=O)=O)c(F)c1. The molecule has 0 spiro atoms. The third-order valence-corrected chi connectivity index (χ3v) is 4.50. The van der Waals surface area contributed by atoms with Crippen LogP contribution in [-0.4, -0.2) is 29.7 Å². The molecule has 1 unspecified atom stereocenters. The number of halogens is 1. The molecular formula is C13H19FN2O3S2. The minimum absolute atomic E-state index is 0.133. The molecule has 5 nitrogen and oxygen atoms in total. The van der Waals surface area contributed by atoms with Crippen molar-refractivity contribution in [1.29, 1.82) is 0 Å². The molecule has 0 fully saturated rings. The van der Waals surface area contributed by atoms with E-state index >= 15 is 0 Å². The highest BCUT2D eigenvalue weighted by Gasteiger charge is 2.26. The number of hydrogen-bond donors (Lipinski definition) is 1. The normalized spacial score (nSPS) is 14.9. The van der Waals surface area contributed by atoms with Crippen molar-refractivity contribution in [2.45, 2.75) is 32.4 Å². The van der Waals surface area contributed by atoms with E-state index in [0.29, 0.717) is 11.3 Å². The van der Waals surface area contributed by atoms with E-state index in [1.54, 1.807) is 27.7 Å². The first kappa shape index (κ1) is 17.9. The summed E-state index contributed by atoms with van der Waals surface area (Å²) in [6.07, 6.45) is 0.944. The number of hydrogen-bond acceptors (Lipinski definition) is 4. The number of nitrogens with zero attached hydrogens (tertiary/aromatic N) is 1. The molecule has 0 amide bonds. The van der Waals surface area contributed by atoms with E-state index in [1.807, 2.05) is 0 Å². The van der Waals surface area contributed by atoms with Crippen molar-refractivity contribution < 1.29 is 17.4 Å². The minimum atomic E-state index is -3.54. The maximum atomic E-state index is 13.9. The van der Waals surface area contributed by atoms with Gasteiger partial charge in [0.25, 0.3) is 0 Å². The van der Waals surface area contributed by atoms with E-state index in [9.17, 15) is 17.4 Å². The highest BCUT2D eigenvalue weighted by molar-refractivity contribution is 7.92. The molecule has 8 heteroatoms. The Balaban J connectivity index is 3.06. The van der Waals surface area contributed by atoms with Gasteiger partial charge in [-0.3, -0.25) is 4.72 Å².